The predicted molar refractivity (Wildman–Crippen MR) is 54.2 cm³/mol. The largest absolute Gasteiger partial charge is 0.490 e. The normalized spacial score (nSPS) is 10.1. The molecule has 1 heterocycles. The van der Waals surface area contributed by atoms with Gasteiger partial charge in [0.25, 0.3) is 0 Å². The maximum Gasteiger partial charge on any atom is 0.138 e. The second-order valence-electron chi connectivity index (χ2n) is 2.49. The number of rotatable bonds is 6. The van der Waals surface area contributed by atoms with Crippen LogP contribution in [0.1, 0.15) is 0 Å². The van der Waals surface area contributed by atoms with E-state index in [1.807, 2.05) is 6.07 Å². The summed E-state index contributed by atoms with van der Waals surface area (Å²) in [6.45, 7) is 0.451. The van der Waals surface area contributed by atoms with E-state index >= 15 is 0 Å². The van der Waals surface area contributed by atoms with Gasteiger partial charge in [0.15, 0.2) is 0 Å². The maximum absolute atomic E-state index is 11.6. The predicted octanol–water partition coefficient (Wildman–Crippen LogP) is 2.21. The number of nitrogens with zero attached hydrogens (tertiary/aromatic N) is 1. The zero-order valence-corrected chi connectivity index (χ0v) is 9.17. The van der Waals surface area contributed by atoms with Gasteiger partial charge >= 0.3 is 0 Å². The van der Waals surface area contributed by atoms with Gasteiger partial charge in [-0.3, -0.25) is 4.98 Å². The SMILES string of the molecule is FCCOCCOc1cncc(Br)c1. The first-order valence-corrected chi connectivity index (χ1v) is 4.99. The lowest BCUT2D eigenvalue weighted by molar-refractivity contribution is 0.0896. The van der Waals surface area contributed by atoms with Crippen LogP contribution in [0.4, 0.5) is 4.39 Å². The van der Waals surface area contributed by atoms with E-state index in [9.17, 15) is 4.39 Å². The Morgan fingerprint density at radius 1 is 1.29 bits per heavy atom. The van der Waals surface area contributed by atoms with E-state index in [2.05, 4.69) is 20.9 Å². The number of alkyl halides is 1. The summed E-state index contributed by atoms with van der Waals surface area (Å²) in [5, 5.41) is 0. The van der Waals surface area contributed by atoms with E-state index in [0.717, 1.165) is 4.47 Å². The summed E-state index contributed by atoms with van der Waals surface area (Å²) in [5.41, 5.74) is 0. The number of aromatic nitrogens is 1. The Morgan fingerprint density at radius 2 is 2.14 bits per heavy atom. The molecule has 1 aromatic heterocycles. The molecule has 0 aliphatic carbocycles. The Kier molecular flexibility index (Phi) is 5.47. The second-order valence-corrected chi connectivity index (χ2v) is 3.40. The van der Waals surface area contributed by atoms with Gasteiger partial charge in [-0.05, 0) is 22.0 Å². The third-order valence-electron chi connectivity index (χ3n) is 1.40. The Balaban J connectivity index is 2.18. The van der Waals surface area contributed by atoms with Gasteiger partial charge in [-0.1, -0.05) is 0 Å². The molecule has 0 atom stereocenters. The lowest BCUT2D eigenvalue weighted by Crippen LogP contribution is -2.08. The van der Waals surface area contributed by atoms with E-state index in [4.69, 9.17) is 9.47 Å². The fourth-order valence-electron chi connectivity index (χ4n) is 0.846. The second kappa shape index (κ2) is 6.73. The van der Waals surface area contributed by atoms with Gasteiger partial charge in [0.1, 0.15) is 19.0 Å². The van der Waals surface area contributed by atoms with Crippen molar-refractivity contribution in [2.75, 3.05) is 26.5 Å². The minimum absolute atomic E-state index is 0.125. The van der Waals surface area contributed by atoms with Gasteiger partial charge in [-0.25, -0.2) is 4.39 Å². The molecule has 14 heavy (non-hydrogen) atoms. The molecule has 1 aromatic rings. The molecule has 0 aliphatic rings. The molecule has 0 radical (unpaired) electrons. The Hall–Kier alpha value is -0.680. The first-order valence-electron chi connectivity index (χ1n) is 4.20. The Morgan fingerprint density at radius 3 is 2.86 bits per heavy atom. The van der Waals surface area contributed by atoms with Gasteiger partial charge < -0.3 is 9.47 Å². The molecule has 78 valence electrons. The first-order chi connectivity index (χ1) is 6.83. The molecule has 3 nitrogen and oxygen atoms in total. The van der Waals surface area contributed by atoms with Crippen molar-refractivity contribution in [1.29, 1.82) is 0 Å². The summed E-state index contributed by atoms with van der Waals surface area (Å²) >= 11 is 3.27. The van der Waals surface area contributed by atoms with Crippen LogP contribution < -0.4 is 4.74 Å². The Bertz CT molecular complexity index is 273. The van der Waals surface area contributed by atoms with Crippen LogP contribution in [0.5, 0.6) is 5.75 Å². The number of halogens is 2. The fourth-order valence-corrected chi connectivity index (χ4v) is 1.19. The molecule has 0 aliphatic heterocycles. The summed E-state index contributed by atoms with van der Waals surface area (Å²) in [5.74, 6) is 0.670. The third kappa shape index (κ3) is 4.53. The highest BCUT2D eigenvalue weighted by molar-refractivity contribution is 9.10. The highest BCUT2D eigenvalue weighted by Crippen LogP contribution is 2.15. The van der Waals surface area contributed by atoms with Crippen LogP contribution in [0.2, 0.25) is 0 Å². The molecule has 0 spiro atoms. The maximum atomic E-state index is 11.6. The smallest absolute Gasteiger partial charge is 0.138 e. The molecule has 0 saturated carbocycles. The van der Waals surface area contributed by atoms with Crippen molar-refractivity contribution in [2.45, 2.75) is 0 Å². The summed E-state index contributed by atoms with van der Waals surface area (Å²) in [6.07, 6.45) is 3.28. The van der Waals surface area contributed by atoms with E-state index < -0.39 is 6.67 Å². The lowest BCUT2D eigenvalue weighted by atomic mass is 10.5. The van der Waals surface area contributed by atoms with Crippen LogP contribution in [0.15, 0.2) is 22.9 Å². The van der Waals surface area contributed by atoms with Crippen molar-refractivity contribution in [3.05, 3.63) is 22.9 Å². The van der Waals surface area contributed by atoms with Crippen LogP contribution in [0, 0.1) is 0 Å². The molecular weight excluding hydrogens is 253 g/mol. The number of pyridine rings is 1. The number of hydrogen-bond acceptors (Lipinski definition) is 3. The molecule has 1 rings (SSSR count). The van der Waals surface area contributed by atoms with Gasteiger partial charge in [0.2, 0.25) is 0 Å². The van der Waals surface area contributed by atoms with E-state index in [1.54, 1.807) is 12.4 Å². The van der Waals surface area contributed by atoms with Crippen molar-refractivity contribution < 1.29 is 13.9 Å². The molecule has 0 fully saturated rings. The fraction of sp³-hybridized carbons (Fsp3) is 0.444. The first kappa shape index (κ1) is 11.4. The van der Waals surface area contributed by atoms with Crippen molar-refractivity contribution in [2.24, 2.45) is 0 Å². The summed E-state index contributed by atoms with van der Waals surface area (Å²) in [7, 11) is 0. The topological polar surface area (TPSA) is 31.4 Å². The third-order valence-corrected chi connectivity index (χ3v) is 1.83. The van der Waals surface area contributed by atoms with Crippen LogP contribution >= 0.6 is 15.9 Å². The van der Waals surface area contributed by atoms with Crippen LogP contribution in [0.3, 0.4) is 0 Å². The Labute approximate surface area is 90.4 Å². The van der Waals surface area contributed by atoms with Gasteiger partial charge in [0.05, 0.1) is 19.4 Å². The lowest BCUT2D eigenvalue weighted by Gasteiger charge is -2.05. The molecule has 0 bridgehead atoms. The summed E-state index contributed by atoms with van der Waals surface area (Å²) in [4.78, 5) is 3.93. The van der Waals surface area contributed by atoms with Gasteiger partial charge in [-0.15, -0.1) is 0 Å². The minimum atomic E-state index is -0.460. The zero-order chi connectivity index (χ0) is 10.2. The van der Waals surface area contributed by atoms with E-state index in [-0.39, 0.29) is 6.61 Å². The molecule has 0 amide bonds. The van der Waals surface area contributed by atoms with Crippen molar-refractivity contribution >= 4 is 15.9 Å². The monoisotopic (exact) mass is 263 g/mol. The van der Waals surface area contributed by atoms with Gasteiger partial charge in [-0.2, -0.15) is 0 Å². The molecule has 0 unspecified atom stereocenters. The zero-order valence-electron chi connectivity index (χ0n) is 7.58. The standard InChI is InChI=1S/C9H11BrFNO2/c10-8-5-9(7-12-6-8)14-4-3-13-2-1-11/h5-7H,1-4H2. The van der Waals surface area contributed by atoms with Crippen molar-refractivity contribution in [1.82, 2.24) is 4.98 Å². The number of hydrogen-bond donors (Lipinski definition) is 0. The van der Waals surface area contributed by atoms with Crippen molar-refractivity contribution in [3.63, 3.8) is 0 Å². The summed E-state index contributed by atoms with van der Waals surface area (Å²) in [6, 6.07) is 1.81. The molecule has 0 N–H and O–H groups in total. The van der Waals surface area contributed by atoms with Crippen molar-refractivity contribution in [3.8, 4) is 5.75 Å². The highest BCUT2D eigenvalue weighted by Gasteiger charge is 1.95. The number of ether oxygens (including phenoxy) is 2. The quantitative estimate of drug-likeness (QED) is 0.738. The van der Waals surface area contributed by atoms with Crippen LogP contribution in [0.25, 0.3) is 0 Å². The molecule has 0 aromatic carbocycles. The van der Waals surface area contributed by atoms with Gasteiger partial charge in [0, 0.05) is 10.7 Å². The van der Waals surface area contributed by atoms with Crippen LogP contribution in [-0.4, -0.2) is 31.5 Å². The van der Waals surface area contributed by atoms with E-state index in [1.165, 1.54) is 0 Å². The molecule has 0 saturated heterocycles. The highest BCUT2D eigenvalue weighted by atomic mass is 79.9. The molecule has 5 heteroatoms. The van der Waals surface area contributed by atoms with E-state index in [0.29, 0.717) is 19.0 Å². The average Bonchev–Trinajstić information content (AvgIpc) is 2.18. The summed E-state index contributed by atoms with van der Waals surface area (Å²) < 4.78 is 22.7. The minimum Gasteiger partial charge on any atom is -0.490 e. The molecular formula is C9H11BrFNO2. The average molecular weight is 264 g/mol. The van der Waals surface area contributed by atoms with Crippen LogP contribution in [-0.2, 0) is 4.74 Å².